The molecular formula is C24H37N5O5S. The molecule has 0 unspecified atom stereocenters. The van der Waals surface area contributed by atoms with E-state index in [-0.39, 0.29) is 30.1 Å². The highest BCUT2D eigenvalue weighted by Crippen LogP contribution is 2.44. The first-order valence-corrected chi connectivity index (χ1v) is 14.0. The summed E-state index contributed by atoms with van der Waals surface area (Å²) in [5.41, 5.74) is 5.81. The molecular weight excluding hydrogens is 470 g/mol. The number of ether oxygens (including phenoxy) is 1. The maximum absolute atomic E-state index is 13.9. The van der Waals surface area contributed by atoms with Crippen molar-refractivity contribution in [1.29, 1.82) is 5.41 Å². The number of rotatable bonds is 9. The van der Waals surface area contributed by atoms with E-state index in [0.717, 1.165) is 43.9 Å². The molecule has 194 valence electrons. The van der Waals surface area contributed by atoms with Crippen LogP contribution in [0.3, 0.4) is 0 Å². The van der Waals surface area contributed by atoms with Crippen molar-refractivity contribution in [3.8, 4) is 5.75 Å². The molecule has 0 bridgehead atoms. The van der Waals surface area contributed by atoms with Crippen molar-refractivity contribution in [2.75, 3.05) is 19.9 Å². The molecule has 2 aliphatic rings. The van der Waals surface area contributed by atoms with Crippen LogP contribution in [0.15, 0.2) is 18.2 Å². The van der Waals surface area contributed by atoms with Gasteiger partial charge in [-0.15, -0.1) is 0 Å². The van der Waals surface area contributed by atoms with Gasteiger partial charge in [-0.2, -0.15) is 0 Å². The Bertz CT molecular complexity index is 1070. The fraction of sp³-hybridized carbons (Fsp3) is 0.625. The zero-order valence-electron chi connectivity index (χ0n) is 20.7. The van der Waals surface area contributed by atoms with Crippen LogP contribution in [0.5, 0.6) is 5.75 Å². The Morgan fingerprint density at radius 3 is 2.54 bits per heavy atom. The molecule has 1 heterocycles. The van der Waals surface area contributed by atoms with Crippen LogP contribution in [0.4, 0.5) is 0 Å². The number of nitrogens with two attached hydrogens (primary N) is 1. The summed E-state index contributed by atoms with van der Waals surface area (Å²) in [7, 11) is -2.06. The van der Waals surface area contributed by atoms with Gasteiger partial charge in [0.2, 0.25) is 21.8 Å². The SMILES string of the molecule is COc1cc(C(=N)N)ccc1CNC(=O)[C@]1(C2CCCCC2)CCCN1C(=O)[C@H](C)NS(C)(=O)=O. The van der Waals surface area contributed by atoms with Gasteiger partial charge in [-0.25, -0.2) is 13.1 Å². The topological polar surface area (TPSA) is 155 Å². The molecule has 10 nitrogen and oxygen atoms in total. The maximum atomic E-state index is 13.9. The largest absolute Gasteiger partial charge is 0.496 e. The van der Waals surface area contributed by atoms with E-state index in [2.05, 4.69) is 10.0 Å². The van der Waals surface area contributed by atoms with Gasteiger partial charge in [0.15, 0.2) is 0 Å². The summed E-state index contributed by atoms with van der Waals surface area (Å²) >= 11 is 0. The van der Waals surface area contributed by atoms with E-state index in [1.165, 1.54) is 14.0 Å². The summed E-state index contributed by atoms with van der Waals surface area (Å²) < 4.78 is 31.3. The van der Waals surface area contributed by atoms with Crippen molar-refractivity contribution < 1.29 is 22.7 Å². The average molecular weight is 508 g/mol. The predicted molar refractivity (Wildman–Crippen MR) is 134 cm³/mol. The quantitative estimate of drug-likeness (QED) is 0.293. The van der Waals surface area contributed by atoms with Gasteiger partial charge in [-0.1, -0.05) is 31.4 Å². The Hall–Kier alpha value is -2.66. The lowest BCUT2D eigenvalue weighted by Crippen LogP contribution is -2.64. The van der Waals surface area contributed by atoms with Gasteiger partial charge in [-0.3, -0.25) is 15.0 Å². The lowest BCUT2D eigenvalue weighted by atomic mass is 9.72. The van der Waals surface area contributed by atoms with Gasteiger partial charge in [0.05, 0.1) is 19.4 Å². The molecule has 0 aromatic heterocycles. The monoisotopic (exact) mass is 507 g/mol. The molecule has 1 aliphatic heterocycles. The van der Waals surface area contributed by atoms with Crippen LogP contribution in [0.25, 0.3) is 0 Å². The van der Waals surface area contributed by atoms with E-state index in [4.69, 9.17) is 15.9 Å². The van der Waals surface area contributed by atoms with Crippen LogP contribution < -0.4 is 20.5 Å². The fourth-order valence-corrected chi connectivity index (χ4v) is 6.31. The Balaban J connectivity index is 1.88. The Morgan fingerprint density at radius 2 is 1.94 bits per heavy atom. The van der Waals surface area contributed by atoms with Crippen molar-refractivity contribution in [1.82, 2.24) is 14.9 Å². The maximum Gasteiger partial charge on any atom is 0.246 e. The van der Waals surface area contributed by atoms with Gasteiger partial charge < -0.3 is 20.7 Å². The van der Waals surface area contributed by atoms with E-state index >= 15 is 0 Å². The number of amides is 2. The standard InChI is InChI=1S/C24H37N5O5S/c1-16(28-35(3,32)33)22(30)29-13-7-12-24(29,19-8-5-4-6-9-19)23(31)27-15-18-11-10-17(21(25)26)14-20(18)34-2/h10-11,14,16,19,28H,4-9,12-13,15H2,1-3H3,(H3,25,26)(H,27,31)/t16-,24+/m0/s1. The third kappa shape index (κ3) is 5.95. The summed E-state index contributed by atoms with van der Waals surface area (Å²) in [4.78, 5) is 28.9. The highest BCUT2D eigenvalue weighted by Gasteiger charge is 2.55. The van der Waals surface area contributed by atoms with E-state index < -0.39 is 21.6 Å². The highest BCUT2D eigenvalue weighted by molar-refractivity contribution is 7.88. The van der Waals surface area contributed by atoms with Crippen LogP contribution in [0.2, 0.25) is 0 Å². The van der Waals surface area contributed by atoms with Gasteiger partial charge >= 0.3 is 0 Å². The second kappa shape index (κ2) is 10.9. The van der Waals surface area contributed by atoms with Crippen LogP contribution in [-0.4, -0.2) is 62.5 Å². The molecule has 1 saturated heterocycles. The summed E-state index contributed by atoms with van der Waals surface area (Å²) in [5.74, 6) is -0.159. The second-order valence-corrected chi connectivity index (χ2v) is 11.4. The zero-order valence-corrected chi connectivity index (χ0v) is 21.5. The van der Waals surface area contributed by atoms with Crippen molar-refractivity contribution in [2.24, 2.45) is 11.7 Å². The van der Waals surface area contributed by atoms with Crippen LogP contribution >= 0.6 is 0 Å². The van der Waals surface area contributed by atoms with Crippen LogP contribution in [0.1, 0.15) is 63.0 Å². The minimum atomic E-state index is -3.58. The Morgan fingerprint density at radius 1 is 1.26 bits per heavy atom. The van der Waals surface area contributed by atoms with Crippen molar-refractivity contribution >= 4 is 27.7 Å². The number of carbonyl (C=O) groups is 2. The molecule has 2 atom stereocenters. The van der Waals surface area contributed by atoms with Crippen molar-refractivity contribution in [2.45, 2.75) is 70.0 Å². The van der Waals surface area contributed by atoms with Gasteiger partial charge in [0.1, 0.15) is 17.1 Å². The zero-order chi connectivity index (χ0) is 25.8. The summed E-state index contributed by atoms with van der Waals surface area (Å²) in [5, 5.41) is 10.7. The molecule has 1 saturated carbocycles. The molecule has 2 amide bonds. The van der Waals surface area contributed by atoms with E-state index in [9.17, 15) is 18.0 Å². The molecule has 0 radical (unpaired) electrons. The number of nitrogens with zero attached hydrogens (tertiary/aromatic N) is 1. The van der Waals surface area contributed by atoms with Crippen molar-refractivity contribution in [3.63, 3.8) is 0 Å². The van der Waals surface area contributed by atoms with Crippen LogP contribution in [-0.2, 0) is 26.2 Å². The van der Waals surface area contributed by atoms with E-state index in [0.29, 0.717) is 30.7 Å². The number of likely N-dealkylation sites (tertiary alicyclic amines) is 1. The van der Waals surface area contributed by atoms with Gasteiger partial charge in [-0.05, 0) is 44.6 Å². The molecule has 1 aromatic carbocycles. The highest BCUT2D eigenvalue weighted by atomic mass is 32.2. The lowest BCUT2D eigenvalue weighted by Gasteiger charge is -2.45. The number of nitrogen functional groups attached to an aromatic ring is 1. The van der Waals surface area contributed by atoms with Gasteiger partial charge in [0, 0.05) is 24.2 Å². The first kappa shape index (κ1) is 26.9. The number of hydrogen-bond acceptors (Lipinski definition) is 6. The summed E-state index contributed by atoms with van der Waals surface area (Å²) in [6.45, 7) is 2.12. The average Bonchev–Trinajstić information content (AvgIpc) is 3.27. The second-order valence-electron chi connectivity index (χ2n) is 9.59. The third-order valence-electron chi connectivity index (χ3n) is 7.16. The fourth-order valence-electron chi connectivity index (χ4n) is 5.57. The number of hydrogen-bond donors (Lipinski definition) is 4. The van der Waals surface area contributed by atoms with Crippen molar-refractivity contribution in [3.05, 3.63) is 29.3 Å². The number of amidine groups is 1. The molecule has 5 N–H and O–H groups in total. The minimum absolute atomic E-state index is 0.00937. The Labute approximate surface area is 207 Å². The number of benzene rings is 1. The first-order valence-electron chi connectivity index (χ1n) is 12.1. The smallest absolute Gasteiger partial charge is 0.246 e. The molecule has 1 aromatic rings. The molecule has 1 aliphatic carbocycles. The number of methoxy groups -OCH3 is 1. The summed E-state index contributed by atoms with van der Waals surface area (Å²) in [6, 6.07) is 4.16. The first-order chi connectivity index (χ1) is 16.5. The van der Waals surface area contributed by atoms with E-state index in [1.807, 2.05) is 0 Å². The lowest BCUT2D eigenvalue weighted by molar-refractivity contribution is -0.150. The minimum Gasteiger partial charge on any atom is -0.496 e. The van der Waals surface area contributed by atoms with Crippen LogP contribution in [0, 0.1) is 11.3 Å². The normalized spacial score (nSPS) is 22.0. The van der Waals surface area contributed by atoms with Gasteiger partial charge in [0.25, 0.3) is 0 Å². The number of nitrogens with one attached hydrogen (secondary N) is 3. The Kier molecular flexibility index (Phi) is 8.42. The molecule has 2 fully saturated rings. The predicted octanol–water partition coefficient (Wildman–Crippen LogP) is 1.47. The number of sulfonamides is 1. The molecule has 11 heteroatoms. The molecule has 35 heavy (non-hydrogen) atoms. The third-order valence-corrected chi connectivity index (χ3v) is 7.94. The van der Waals surface area contributed by atoms with E-state index in [1.54, 1.807) is 23.1 Å². The molecule has 3 rings (SSSR count). The molecule has 0 spiro atoms. The summed E-state index contributed by atoms with van der Waals surface area (Å²) in [6.07, 6.45) is 7.04. The number of carbonyl (C=O) groups excluding carboxylic acids is 2.